The van der Waals surface area contributed by atoms with Crippen molar-refractivity contribution in [3.63, 3.8) is 0 Å². The van der Waals surface area contributed by atoms with E-state index in [-0.39, 0.29) is 0 Å². The van der Waals surface area contributed by atoms with Crippen molar-refractivity contribution in [2.24, 2.45) is 30.7 Å². The zero-order valence-electron chi connectivity index (χ0n) is 41.3. The highest BCUT2D eigenvalue weighted by Gasteiger charge is 2.47. The highest BCUT2D eigenvalue weighted by Crippen LogP contribution is 2.30. The molecule has 36 heteroatoms. The van der Waals surface area contributed by atoms with Crippen LogP contribution in [0, 0.1) is 34.9 Å². The van der Waals surface area contributed by atoms with E-state index in [1.165, 1.54) is 0 Å². The molecule has 0 N–H and O–H groups in total. The van der Waals surface area contributed by atoms with Crippen LogP contribution in [0.5, 0.6) is 0 Å². The highest BCUT2D eigenvalue weighted by molar-refractivity contribution is 5.94. The lowest BCUT2D eigenvalue weighted by molar-refractivity contribution is -0.138. The minimum atomic E-state index is -2.84. The van der Waals surface area contributed by atoms with Crippen molar-refractivity contribution in [1.29, 1.82) is 0 Å². The summed E-state index contributed by atoms with van der Waals surface area (Å²) in [6, 6.07) is 12.1. The van der Waals surface area contributed by atoms with Crippen LogP contribution in [-0.2, 0) is 28.4 Å². The average molecular weight is 1160 g/mol. The lowest BCUT2D eigenvalue weighted by Crippen LogP contribution is -2.54. The van der Waals surface area contributed by atoms with Gasteiger partial charge in [-0.05, 0) is 142 Å². The number of esters is 6. The van der Waals surface area contributed by atoms with Crippen molar-refractivity contribution in [1.82, 2.24) is 0 Å². The van der Waals surface area contributed by atoms with Crippen molar-refractivity contribution in [3.05, 3.63) is 240 Å². The highest BCUT2D eigenvalue weighted by atomic mass is 19.1. The second kappa shape index (κ2) is 28.5. The molecule has 0 radical (unpaired) electrons. The summed E-state index contributed by atoms with van der Waals surface area (Å²) in [5.41, 5.74) is 44.6. The number of carbonyl (C=O) groups excluding carboxylic acids is 6. The third-order valence-electron chi connectivity index (χ3n) is 10.8. The Hall–Kier alpha value is -12.4. The van der Waals surface area contributed by atoms with E-state index in [2.05, 4.69) is 60.2 Å². The summed E-state index contributed by atoms with van der Waals surface area (Å²) >= 11 is 0. The zero-order chi connectivity index (χ0) is 61.0. The average Bonchev–Trinajstić information content (AvgIpc) is 3.68. The number of halogens is 6. The Morgan fingerprint density at radius 2 is 0.512 bits per heavy atom. The van der Waals surface area contributed by atoms with Crippen molar-refractivity contribution in [3.8, 4) is 0 Å². The van der Waals surface area contributed by atoms with Gasteiger partial charge in [-0.2, -0.15) is 0 Å². The van der Waals surface area contributed by atoms with Gasteiger partial charge in [-0.1, -0.05) is 30.7 Å². The molecule has 4 atom stereocenters. The van der Waals surface area contributed by atoms with E-state index < -0.39 is 176 Å². The smallest absolute Gasteiger partial charge is 0.338 e. The molecule has 6 aromatic rings. The van der Waals surface area contributed by atoms with Crippen LogP contribution in [0.1, 0.15) is 62.1 Å². The van der Waals surface area contributed by atoms with Gasteiger partial charge in [0.2, 0.25) is 0 Å². The number of hydrogen-bond acceptors (Lipinski definition) is 18. The molecule has 0 saturated carbocycles. The number of ether oxygens (including phenoxy) is 6. The van der Waals surface area contributed by atoms with Crippen LogP contribution in [0.4, 0.5) is 60.5 Å². The Morgan fingerprint density at radius 3 is 0.702 bits per heavy atom. The SMILES string of the molecule is [N-]=[N+]=Nc1ccc(C(=O)OC[C@@H](OC(=O)c2ccc(N=[N+]=[N-])c(F)c2)[C@@H](OC(=O)c2ccc(N=[N+]=[N-])c(F)c2)[C@H](OC(=O)c2ccc(N=[N+]=[N-])c(F)c2)[C@@H](COC(=O)c2ccc(N=[N+]=[N-])c(F)c2)OC(=O)c2ccc(N=[N+]=[N-])c(F)c2)cc1F. The van der Waals surface area contributed by atoms with Crippen LogP contribution in [0.2, 0.25) is 0 Å². The van der Waals surface area contributed by atoms with E-state index in [1.54, 1.807) is 0 Å². The maximum absolute atomic E-state index is 15.4. The fraction of sp³-hybridized carbons (Fsp3) is 0.125. The van der Waals surface area contributed by atoms with E-state index in [4.69, 9.17) is 61.6 Å². The Balaban J connectivity index is 1.62. The Morgan fingerprint density at radius 1 is 0.321 bits per heavy atom. The van der Waals surface area contributed by atoms with Gasteiger partial charge in [0.25, 0.3) is 0 Å². The monoisotopic (exact) mass is 1160 g/mol. The van der Waals surface area contributed by atoms with Crippen molar-refractivity contribution >= 4 is 69.9 Å². The first-order chi connectivity index (χ1) is 40.3. The van der Waals surface area contributed by atoms with Crippen molar-refractivity contribution < 1.29 is 83.5 Å². The number of hydrogen-bond donors (Lipinski definition) is 0. The van der Waals surface area contributed by atoms with E-state index in [1.807, 2.05) is 0 Å². The van der Waals surface area contributed by atoms with E-state index in [0.29, 0.717) is 36.4 Å². The van der Waals surface area contributed by atoms with Crippen LogP contribution in [-0.4, -0.2) is 73.4 Å². The van der Waals surface area contributed by atoms with Gasteiger partial charge in [0, 0.05) is 29.5 Å². The molecule has 0 spiro atoms. The summed E-state index contributed by atoms with van der Waals surface area (Å²) in [6.45, 7) is -3.06. The molecule has 0 aliphatic heterocycles. The van der Waals surface area contributed by atoms with Crippen LogP contribution in [0.3, 0.4) is 0 Å². The quantitative estimate of drug-likeness (QED) is 0.0144. The maximum atomic E-state index is 15.4. The molecule has 0 unspecified atom stereocenters. The summed E-state index contributed by atoms with van der Waals surface area (Å²) in [6.07, 6.45) is -11.0. The third kappa shape index (κ3) is 15.4. The third-order valence-corrected chi connectivity index (χ3v) is 10.8. The molecule has 0 saturated heterocycles. The number of azide groups is 6. The summed E-state index contributed by atoms with van der Waals surface area (Å²) < 4.78 is 125. The number of nitrogens with zero attached hydrogens (tertiary/aromatic N) is 18. The minimum absolute atomic E-state index is 0.405. The molecule has 0 aliphatic rings. The number of carbonyl (C=O) groups is 6. The van der Waals surface area contributed by atoms with Gasteiger partial charge in [-0.3, -0.25) is 0 Å². The summed E-state index contributed by atoms with van der Waals surface area (Å²) in [5, 5.41) is 18.7. The summed E-state index contributed by atoms with van der Waals surface area (Å²) in [4.78, 5) is 99.5. The second-order valence-electron chi connectivity index (χ2n) is 16.0. The predicted octanol–water partition coefficient (Wildman–Crippen LogP) is 14.1. The van der Waals surface area contributed by atoms with Gasteiger partial charge in [-0.15, -0.1) is 0 Å². The lowest BCUT2D eigenvalue weighted by Gasteiger charge is -2.36. The van der Waals surface area contributed by atoms with Gasteiger partial charge < -0.3 is 28.4 Å². The first-order valence-corrected chi connectivity index (χ1v) is 22.6. The molecule has 0 heterocycles. The maximum Gasteiger partial charge on any atom is 0.338 e. The van der Waals surface area contributed by atoms with Crippen LogP contribution >= 0.6 is 0 Å². The van der Waals surface area contributed by atoms with Gasteiger partial charge in [0.05, 0.1) is 67.5 Å². The molecule has 0 bridgehead atoms. The Bertz CT molecular complexity index is 3720. The molecule has 0 fully saturated rings. The summed E-state index contributed by atoms with van der Waals surface area (Å²) in [7, 11) is 0. The molecule has 0 aliphatic carbocycles. The molecule has 6 rings (SSSR count). The predicted molar refractivity (Wildman–Crippen MR) is 269 cm³/mol. The van der Waals surface area contributed by atoms with Crippen LogP contribution in [0.15, 0.2) is 140 Å². The van der Waals surface area contributed by atoms with E-state index in [0.717, 1.165) is 72.8 Å². The molecular formula is C48H26F6N18O12. The van der Waals surface area contributed by atoms with Crippen molar-refractivity contribution in [2.75, 3.05) is 13.2 Å². The van der Waals surface area contributed by atoms with Gasteiger partial charge in [-0.25, -0.2) is 55.1 Å². The molecule has 422 valence electrons. The first kappa shape index (κ1) is 60.8. The van der Waals surface area contributed by atoms with Gasteiger partial charge >= 0.3 is 35.8 Å². The molecule has 30 nitrogen and oxygen atoms in total. The first-order valence-electron chi connectivity index (χ1n) is 22.6. The van der Waals surface area contributed by atoms with Crippen LogP contribution in [0.25, 0.3) is 62.7 Å². The summed E-state index contributed by atoms with van der Waals surface area (Å²) in [5.74, 6) is -18.3. The fourth-order valence-electron chi connectivity index (χ4n) is 6.96. The Labute approximate surface area is 461 Å². The number of rotatable bonds is 23. The van der Waals surface area contributed by atoms with Gasteiger partial charge in [0.15, 0.2) is 24.4 Å². The second-order valence-corrected chi connectivity index (χ2v) is 16.0. The molecule has 0 amide bonds. The fourth-order valence-corrected chi connectivity index (χ4v) is 6.96. The topological polar surface area (TPSA) is 450 Å². The zero-order valence-corrected chi connectivity index (χ0v) is 41.3. The molecular weight excluding hydrogens is 1130 g/mol. The normalized spacial score (nSPS) is 11.6. The van der Waals surface area contributed by atoms with Crippen molar-refractivity contribution in [2.45, 2.75) is 24.4 Å². The number of benzene rings is 6. The van der Waals surface area contributed by atoms with Crippen LogP contribution < -0.4 is 0 Å². The lowest BCUT2D eigenvalue weighted by atomic mass is 10.0. The minimum Gasteiger partial charge on any atom is -0.458 e. The van der Waals surface area contributed by atoms with Gasteiger partial charge in [0.1, 0.15) is 48.1 Å². The molecule has 0 aromatic heterocycles. The largest absolute Gasteiger partial charge is 0.458 e. The standard InChI is InChI=1S/C48H26F6N18O12/c49-27-13-21(1-7-33(27)61-67-55)43(73)79-19-39(81-45(75)23-3-9-35(63-69-57)29(51)15-23)41(83-47(77)25-5-11-37(65-71-59)31(53)17-25)42(84-48(78)26-6-12-38(66-72-60)32(54)18-26)40(82-46(76)24-4-10-36(64-70-58)30(52)16-24)20-80-44(74)22-2-8-34(62-68-56)28(50)14-22/h1-18,39-42H,19-20H2/t39-,40-,41-,42-/m1/s1. The van der Waals surface area contributed by atoms with E-state index >= 15 is 17.6 Å². The molecule has 6 aromatic carbocycles. The van der Waals surface area contributed by atoms with E-state index in [9.17, 15) is 37.5 Å². The Kier molecular flexibility index (Phi) is 20.6. The molecule has 84 heavy (non-hydrogen) atoms.